The molecule has 0 spiro atoms. The van der Waals surface area contributed by atoms with Gasteiger partial charge in [-0.25, -0.2) is 4.99 Å². The maximum absolute atomic E-state index is 11.9. The van der Waals surface area contributed by atoms with E-state index in [4.69, 9.17) is 0 Å². The second-order valence-corrected chi connectivity index (χ2v) is 8.24. The fourth-order valence-electron chi connectivity index (χ4n) is 2.72. The van der Waals surface area contributed by atoms with Gasteiger partial charge in [-0.1, -0.05) is 6.07 Å². The number of nitrogens with zero attached hydrogens (tertiary/aromatic N) is 4. The molecule has 140 valence electrons. The molecular weight excluding hydrogens is 366 g/mol. The highest BCUT2D eigenvalue weighted by Crippen LogP contribution is 2.22. The van der Waals surface area contributed by atoms with E-state index in [-0.39, 0.29) is 12.5 Å². The molecule has 2 aromatic heterocycles. The van der Waals surface area contributed by atoms with Crippen LogP contribution in [-0.4, -0.2) is 68.5 Å². The Bertz CT molecular complexity index is 704. The highest BCUT2D eigenvalue weighted by Gasteiger charge is 2.21. The van der Waals surface area contributed by atoms with Crippen LogP contribution in [0.2, 0.25) is 0 Å². The molecule has 0 aliphatic carbocycles. The number of piperazine rings is 1. The van der Waals surface area contributed by atoms with Crippen molar-refractivity contribution in [1.29, 1.82) is 0 Å². The average Bonchev–Trinajstić information content (AvgIpc) is 3.35. The van der Waals surface area contributed by atoms with Crippen LogP contribution >= 0.6 is 22.7 Å². The molecular formula is C18H25N5OS2. The lowest BCUT2D eigenvalue weighted by atomic mass is 10.3. The molecule has 3 rings (SSSR count). The van der Waals surface area contributed by atoms with E-state index in [0.29, 0.717) is 0 Å². The molecule has 3 heterocycles. The van der Waals surface area contributed by atoms with Gasteiger partial charge in [0.1, 0.15) is 6.54 Å². The van der Waals surface area contributed by atoms with Crippen molar-refractivity contribution in [3.05, 3.63) is 39.9 Å². The van der Waals surface area contributed by atoms with Crippen molar-refractivity contribution >= 4 is 39.5 Å². The fraction of sp³-hybridized carbons (Fsp3) is 0.444. The number of nitrogens with one attached hydrogen (secondary N) is 1. The van der Waals surface area contributed by atoms with E-state index < -0.39 is 0 Å². The maximum atomic E-state index is 11.9. The van der Waals surface area contributed by atoms with Crippen LogP contribution in [0.4, 0.5) is 5.00 Å². The third-order valence-electron chi connectivity index (χ3n) is 4.26. The number of carbonyl (C=O) groups is 1. The number of anilines is 1. The molecule has 1 amide bonds. The van der Waals surface area contributed by atoms with Gasteiger partial charge in [-0.15, -0.1) is 22.7 Å². The first-order valence-electron chi connectivity index (χ1n) is 8.68. The van der Waals surface area contributed by atoms with Crippen molar-refractivity contribution in [2.45, 2.75) is 6.54 Å². The molecule has 0 radical (unpaired) electrons. The molecule has 0 bridgehead atoms. The monoisotopic (exact) mass is 391 g/mol. The van der Waals surface area contributed by atoms with Gasteiger partial charge < -0.3 is 20.0 Å². The minimum atomic E-state index is 0.0117. The first-order valence-corrected chi connectivity index (χ1v) is 10.4. The number of thiophene rings is 2. The summed E-state index contributed by atoms with van der Waals surface area (Å²) in [7, 11) is 3.52. The summed E-state index contributed by atoms with van der Waals surface area (Å²) in [5.74, 6) is 0.831. The summed E-state index contributed by atoms with van der Waals surface area (Å²) >= 11 is 3.50. The molecule has 6 nitrogen and oxygen atoms in total. The van der Waals surface area contributed by atoms with Gasteiger partial charge in [-0.2, -0.15) is 0 Å². The molecule has 1 aliphatic rings. The fourth-order valence-corrected chi connectivity index (χ4v) is 4.15. The van der Waals surface area contributed by atoms with Crippen LogP contribution in [-0.2, 0) is 11.3 Å². The van der Waals surface area contributed by atoms with E-state index >= 15 is 0 Å². The molecule has 8 heteroatoms. The zero-order chi connectivity index (χ0) is 18.4. The van der Waals surface area contributed by atoms with Crippen molar-refractivity contribution in [2.75, 3.05) is 51.7 Å². The normalized spacial score (nSPS) is 15.2. The molecule has 2 aromatic rings. The summed E-state index contributed by atoms with van der Waals surface area (Å²) in [5.41, 5.74) is 0. The molecule has 1 N–H and O–H groups in total. The van der Waals surface area contributed by atoms with E-state index in [1.165, 1.54) is 9.88 Å². The van der Waals surface area contributed by atoms with E-state index in [0.717, 1.165) is 38.7 Å². The quantitative estimate of drug-likeness (QED) is 0.627. The average molecular weight is 392 g/mol. The molecule has 0 atom stereocenters. The zero-order valence-electron chi connectivity index (χ0n) is 15.2. The van der Waals surface area contributed by atoms with Crippen LogP contribution in [0.15, 0.2) is 40.0 Å². The lowest BCUT2D eigenvalue weighted by Gasteiger charge is -2.37. The van der Waals surface area contributed by atoms with Crippen LogP contribution in [0.1, 0.15) is 4.88 Å². The van der Waals surface area contributed by atoms with Crippen molar-refractivity contribution < 1.29 is 4.79 Å². The number of carbonyl (C=O) groups excluding carboxylic acids is 1. The van der Waals surface area contributed by atoms with Gasteiger partial charge >= 0.3 is 0 Å². The highest BCUT2D eigenvalue weighted by molar-refractivity contribution is 7.14. The second-order valence-electron chi connectivity index (χ2n) is 6.29. The van der Waals surface area contributed by atoms with Gasteiger partial charge in [0, 0.05) is 45.2 Å². The lowest BCUT2D eigenvalue weighted by Crippen LogP contribution is -2.52. The topological polar surface area (TPSA) is 51.2 Å². The predicted molar refractivity (Wildman–Crippen MR) is 110 cm³/mol. The van der Waals surface area contributed by atoms with Gasteiger partial charge in [0.05, 0.1) is 11.5 Å². The summed E-state index contributed by atoms with van der Waals surface area (Å²) in [6, 6.07) is 8.41. The Balaban J connectivity index is 1.62. The first-order chi connectivity index (χ1) is 12.6. The lowest BCUT2D eigenvalue weighted by molar-refractivity contribution is -0.127. The summed E-state index contributed by atoms with van der Waals surface area (Å²) in [5, 5.41) is 8.94. The Labute approximate surface area is 162 Å². The molecule has 0 aromatic carbocycles. The Kier molecular flexibility index (Phi) is 6.51. The maximum Gasteiger partial charge on any atom is 0.243 e. The molecule has 0 unspecified atom stereocenters. The van der Waals surface area contributed by atoms with Crippen LogP contribution in [0.25, 0.3) is 0 Å². The highest BCUT2D eigenvalue weighted by atomic mass is 32.1. The van der Waals surface area contributed by atoms with E-state index in [9.17, 15) is 4.79 Å². The van der Waals surface area contributed by atoms with Gasteiger partial charge in [0.2, 0.25) is 5.91 Å². The van der Waals surface area contributed by atoms with Gasteiger partial charge in [0.15, 0.2) is 5.96 Å². The zero-order valence-corrected chi connectivity index (χ0v) is 16.9. The first kappa shape index (κ1) is 18.7. The minimum Gasteiger partial charge on any atom is -0.360 e. The molecule has 26 heavy (non-hydrogen) atoms. The van der Waals surface area contributed by atoms with Crippen molar-refractivity contribution in [3.63, 3.8) is 0 Å². The summed E-state index contributed by atoms with van der Waals surface area (Å²) in [4.78, 5) is 24.0. The number of amides is 1. The molecule has 1 fully saturated rings. The van der Waals surface area contributed by atoms with Gasteiger partial charge in [0.25, 0.3) is 0 Å². The minimum absolute atomic E-state index is 0.0117. The number of hydrogen-bond donors (Lipinski definition) is 1. The number of likely N-dealkylation sites (N-methyl/N-ethyl adjacent to an activating group) is 1. The molecule has 0 saturated carbocycles. The largest absolute Gasteiger partial charge is 0.360 e. The number of hydrogen-bond acceptors (Lipinski definition) is 5. The predicted octanol–water partition coefficient (Wildman–Crippen LogP) is 2.17. The van der Waals surface area contributed by atoms with Crippen molar-refractivity contribution in [2.24, 2.45) is 4.99 Å². The summed E-state index contributed by atoms with van der Waals surface area (Å²) in [6.45, 7) is 4.61. The van der Waals surface area contributed by atoms with E-state index in [1.54, 1.807) is 41.7 Å². The number of guanidine groups is 1. The van der Waals surface area contributed by atoms with Crippen molar-refractivity contribution in [3.8, 4) is 0 Å². The Morgan fingerprint density at radius 3 is 2.50 bits per heavy atom. The third kappa shape index (κ3) is 4.98. The molecule has 1 aliphatic heterocycles. The van der Waals surface area contributed by atoms with Crippen LogP contribution in [0.5, 0.6) is 0 Å². The summed E-state index contributed by atoms with van der Waals surface area (Å²) in [6.07, 6.45) is 0. The van der Waals surface area contributed by atoms with Crippen molar-refractivity contribution in [1.82, 2.24) is 15.1 Å². The van der Waals surface area contributed by atoms with Crippen LogP contribution in [0, 0.1) is 0 Å². The smallest absolute Gasteiger partial charge is 0.243 e. The Morgan fingerprint density at radius 1 is 1.15 bits per heavy atom. The summed E-state index contributed by atoms with van der Waals surface area (Å²) < 4.78 is 0. The van der Waals surface area contributed by atoms with Gasteiger partial charge in [-0.3, -0.25) is 4.79 Å². The second kappa shape index (κ2) is 9.05. The number of aliphatic imine (C=N–C) groups is 1. The third-order valence-corrected chi connectivity index (χ3v) is 6.07. The van der Waals surface area contributed by atoms with Crippen LogP contribution in [0.3, 0.4) is 0 Å². The van der Waals surface area contributed by atoms with Crippen LogP contribution < -0.4 is 10.2 Å². The van der Waals surface area contributed by atoms with Gasteiger partial charge in [-0.05, 0) is 29.0 Å². The van der Waals surface area contributed by atoms with E-state index in [2.05, 4.69) is 49.1 Å². The molecule has 1 saturated heterocycles. The standard InChI is InChI=1S/C18H25N5OS2/c1-21(2)16(24)14-20-18(19-13-15-5-3-11-25-15)23-9-7-22(8-10-23)17-6-4-12-26-17/h3-6,11-12H,7-10,13-14H2,1-2H3,(H,19,20). The SMILES string of the molecule is CN(C)C(=O)CN=C(NCc1cccs1)N1CCN(c2cccs2)CC1. The Morgan fingerprint density at radius 2 is 1.88 bits per heavy atom. The number of rotatable bonds is 5. The Hall–Kier alpha value is -2.06. The van der Waals surface area contributed by atoms with E-state index in [1.807, 2.05) is 6.07 Å².